The number of hydrogen-bond acceptors (Lipinski definition) is 3. The number of hydrogen-bond donors (Lipinski definition) is 2. The smallest absolute Gasteiger partial charge is 0.132 e. The third-order valence-corrected chi connectivity index (χ3v) is 1.92. The molecule has 0 heterocycles. The van der Waals surface area contributed by atoms with Gasteiger partial charge in [-0.1, -0.05) is 0 Å². The lowest BCUT2D eigenvalue weighted by molar-refractivity contribution is 0.405. The summed E-state index contributed by atoms with van der Waals surface area (Å²) in [4.78, 5) is 0.774. The summed E-state index contributed by atoms with van der Waals surface area (Å²) in [6.07, 6.45) is 0. The normalized spacial score (nSPS) is 8.92. The maximum Gasteiger partial charge on any atom is 0.132 e. The van der Waals surface area contributed by atoms with Crippen molar-refractivity contribution < 1.29 is 4.74 Å². The van der Waals surface area contributed by atoms with Gasteiger partial charge in [0, 0.05) is 10.6 Å². The van der Waals surface area contributed by atoms with E-state index in [2.05, 4.69) is 12.6 Å². The maximum atomic E-state index is 5.64. The summed E-state index contributed by atoms with van der Waals surface area (Å²) in [5, 5.41) is 0. The van der Waals surface area contributed by atoms with Crippen molar-refractivity contribution >= 4 is 30.7 Å². The molecule has 1 aromatic rings. The minimum Gasteiger partial charge on any atom is -0.496 e. The molecule has 0 saturated heterocycles. The van der Waals surface area contributed by atoms with Gasteiger partial charge in [-0.15, -0.1) is 25.0 Å². The molecule has 0 amide bonds. The van der Waals surface area contributed by atoms with Crippen LogP contribution in [0.5, 0.6) is 5.75 Å². The zero-order valence-electron chi connectivity index (χ0n) is 7.00. The van der Waals surface area contributed by atoms with Crippen LogP contribution in [-0.4, -0.2) is 7.11 Å². The second kappa shape index (κ2) is 4.48. The molecule has 2 nitrogen and oxygen atoms in total. The molecular formula is C8H12ClNOS. The van der Waals surface area contributed by atoms with Gasteiger partial charge in [0.15, 0.2) is 0 Å². The molecule has 1 aromatic carbocycles. The number of nitrogens with two attached hydrogens (primary N) is 1. The van der Waals surface area contributed by atoms with Gasteiger partial charge in [0.25, 0.3) is 0 Å². The number of benzene rings is 1. The van der Waals surface area contributed by atoms with E-state index in [0.29, 0.717) is 0 Å². The van der Waals surface area contributed by atoms with Gasteiger partial charge < -0.3 is 10.5 Å². The van der Waals surface area contributed by atoms with Crippen LogP contribution in [0.4, 0.5) is 5.69 Å². The molecule has 1 rings (SSSR count). The molecule has 68 valence electrons. The first-order valence-corrected chi connectivity index (χ1v) is 3.73. The zero-order chi connectivity index (χ0) is 8.43. The number of methoxy groups -OCH3 is 1. The summed E-state index contributed by atoms with van der Waals surface area (Å²) in [7, 11) is 1.62. The zero-order valence-corrected chi connectivity index (χ0v) is 8.71. The Labute approximate surface area is 83.9 Å². The molecule has 0 bridgehead atoms. The number of ether oxygens (including phenoxy) is 1. The number of anilines is 1. The highest BCUT2D eigenvalue weighted by molar-refractivity contribution is 7.80. The van der Waals surface area contributed by atoms with Crippen molar-refractivity contribution in [3.05, 3.63) is 17.7 Å². The monoisotopic (exact) mass is 205 g/mol. The van der Waals surface area contributed by atoms with Gasteiger partial charge in [-0.3, -0.25) is 0 Å². The summed E-state index contributed by atoms with van der Waals surface area (Å²) in [6, 6.07) is 3.66. The summed E-state index contributed by atoms with van der Waals surface area (Å²) in [5.74, 6) is 0.764. The van der Waals surface area contributed by atoms with E-state index < -0.39 is 0 Å². The number of halogens is 1. The third-order valence-electron chi connectivity index (χ3n) is 1.57. The lowest BCUT2D eigenvalue weighted by Crippen LogP contribution is -1.92. The van der Waals surface area contributed by atoms with Crippen LogP contribution in [0.15, 0.2) is 17.0 Å². The second-order valence-corrected chi connectivity index (χ2v) is 2.86. The fourth-order valence-corrected chi connectivity index (χ4v) is 1.14. The maximum absolute atomic E-state index is 5.64. The van der Waals surface area contributed by atoms with Crippen molar-refractivity contribution in [1.82, 2.24) is 0 Å². The van der Waals surface area contributed by atoms with Crippen molar-refractivity contribution in [3.8, 4) is 5.75 Å². The van der Waals surface area contributed by atoms with Crippen LogP contribution in [0.3, 0.4) is 0 Å². The summed E-state index contributed by atoms with van der Waals surface area (Å²) >= 11 is 4.19. The molecule has 0 radical (unpaired) electrons. The van der Waals surface area contributed by atoms with Crippen LogP contribution in [0.2, 0.25) is 0 Å². The van der Waals surface area contributed by atoms with Crippen molar-refractivity contribution in [2.45, 2.75) is 11.8 Å². The van der Waals surface area contributed by atoms with E-state index in [4.69, 9.17) is 10.5 Å². The summed E-state index contributed by atoms with van der Waals surface area (Å²) in [6.45, 7) is 1.94. The van der Waals surface area contributed by atoms with Gasteiger partial charge in [0.1, 0.15) is 5.75 Å². The fourth-order valence-electron chi connectivity index (χ4n) is 0.850. The Hall–Kier alpha value is -0.540. The van der Waals surface area contributed by atoms with E-state index >= 15 is 0 Å². The standard InChI is InChI=1S/C8H11NOS.ClH/c1-5-3-7(10-2)8(11)4-6(5)9;/h3-4,11H,9H2,1-2H3;1H. The Balaban J connectivity index is 0.00000121. The minimum atomic E-state index is 0. The molecule has 0 spiro atoms. The molecule has 0 aliphatic carbocycles. The van der Waals surface area contributed by atoms with Crippen molar-refractivity contribution in [1.29, 1.82) is 0 Å². The second-order valence-electron chi connectivity index (χ2n) is 2.38. The van der Waals surface area contributed by atoms with Gasteiger partial charge >= 0.3 is 0 Å². The van der Waals surface area contributed by atoms with E-state index in [0.717, 1.165) is 21.9 Å². The van der Waals surface area contributed by atoms with E-state index in [1.165, 1.54) is 0 Å². The summed E-state index contributed by atoms with van der Waals surface area (Å²) < 4.78 is 5.05. The molecule has 0 saturated carbocycles. The average Bonchev–Trinajstić information content (AvgIpc) is 1.97. The molecule has 0 fully saturated rings. The SMILES string of the molecule is COc1cc(C)c(N)cc1S.Cl. The van der Waals surface area contributed by atoms with Crippen LogP contribution in [-0.2, 0) is 0 Å². The first kappa shape index (κ1) is 11.5. The fraction of sp³-hybridized carbons (Fsp3) is 0.250. The predicted molar refractivity (Wildman–Crippen MR) is 56.6 cm³/mol. The Morgan fingerprint density at radius 2 is 2.00 bits per heavy atom. The lowest BCUT2D eigenvalue weighted by atomic mass is 10.2. The highest BCUT2D eigenvalue weighted by atomic mass is 35.5. The molecule has 0 aliphatic heterocycles. The predicted octanol–water partition coefficient (Wildman–Crippen LogP) is 2.30. The molecule has 0 aromatic heterocycles. The van der Waals surface area contributed by atoms with Crippen molar-refractivity contribution in [2.75, 3.05) is 12.8 Å². The molecule has 12 heavy (non-hydrogen) atoms. The molecule has 0 unspecified atom stereocenters. The van der Waals surface area contributed by atoms with E-state index in [-0.39, 0.29) is 12.4 Å². The van der Waals surface area contributed by atoms with Gasteiger partial charge in [-0.05, 0) is 24.6 Å². The number of nitrogen functional groups attached to an aromatic ring is 1. The van der Waals surface area contributed by atoms with E-state index in [1.807, 2.05) is 13.0 Å². The first-order chi connectivity index (χ1) is 5.15. The molecular weight excluding hydrogens is 194 g/mol. The minimum absolute atomic E-state index is 0. The van der Waals surface area contributed by atoms with Crippen LogP contribution in [0.1, 0.15) is 5.56 Å². The highest BCUT2D eigenvalue weighted by Crippen LogP contribution is 2.27. The highest BCUT2D eigenvalue weighted by Gasteiger charge is 2.01. The number of aryl methyl sites for hydroxylation is 1. The van der Waals surface area contributed by atoms with Crippen molar-refractivity contribution in [3.63, 3.8) is 0 Å². The van der Waals surface area contributed by atoms with Gasteiger partial charge in [-0.25, -0.2) is 0 Å². The largest absolute Gasteiger partial charge is 0.496 e. The third kappa shape index (κ3) is 2.22. The van der Waals surface area contributed by atoms with Gasteiger partial charge in [0.05, 0.1) is 7.11 Å². The molecule has 2 N–H and O–H groups in total. The Bertz CT molecular complexity index is 278. The van der Waals surface area contributed by atoms with Crippen LogP contribution < -0.4 is 10.5 Å². The Morgan fingerprint density at radius 1 is 1.42 bits per heavy atom. The molecule has 0 atom stereocenters. The first-order valence-electron chi connectivity index (χ1n) is 3.28. The topological polar surface area (TPSA) is 35.2 Å². The van der Waals surface area contributed by atoms with Gasteiger partial charge in [-0.2, -0.15) is 0 Å². The number of thiol groups is 1. The lowest BCUT2D eigenvalue weighted by Gasteiger charge is -2.06. The van der Waals surface area contributed by atoms with E-state index in [1.54, 1.807) is 13.2 Å². The Kier molecular flexibility index (Phi) is 4.28. The summed E-state index contributed by atoms with van der Waals surface area (Å²) in [5.41, 5.74) is 7.40. The Morgan fingerprint density at radius 3 is 2.50 bits per heavy atom. The van der Waals surface area contributed by atoms with Crippen LogP contribution in [0, 0.1) is 6.92 Å². The van der Waals surface area contributed by atoms with Crippen LogP contribution >= 0.6 is 25.0 Å². The van der Waals surface area contributed by atoms with Crippen molar-refractivity contribution in [2.24, 2.45) is 0 Å². The molecule has 4 heteroatoms. The van der Waals surface area contributed by atoms with Gasteiger partial charge in [0.2, 0.25) is 0 Å². The quantitative estimate of drug-likeness (QED) is 0.545. The van der Waals surface area contributed by atoms with Crippen LogP contribution in [0.25, 0.3) is 0 Å². The number of rotatable bonds is 1. The molecule has 0 aliphatic rings. The average molecular weight is 206 g/mol. The van der Waals surface area contributed by atoms with E-state index in [9.17, 15) is 0 Å².